The molecule has 6 heteroatoms. The average molecular weight is 420 g/mol. The smallest absolute Gasteiger partial charge is 0.319 e. The number of halogens is 2. The van der Waals surface area contributed by atoms with Crippen molar-refractivity contribution in [2.45, 2.75) is 25.7 Å². The van der Waals surface area contributed by atoms with Gasteiger partial charge in [0.15, 0.2) is 0 Å². The van der Waals surface area contributed by atoms with E-state index in [1.165, 1.54) is 24.8 Å². The SMILES string of the molecule is O=C(NCCCN1CCC(Cc2ccccc2)CC1)Nc1ccc(Cl)c(Cl)c1. The molecule has 1 fully saturated rings. The van der Waals surface area contributed by atoms with E-state index in [-0.39, 0.29) is 6.03 Å². The predicted octanol–water partition coefficient (Wildman–Crippen LogP) is 5.46. The van der Waals surface area contributed by atoms with Crippen molar-refractivity contribution in [2.24, 2.45) is 5.92 Å². The number of likely N-dealkylation sites (tertiary alicyclic amines) is 1. The van der Waals surface area contributed by atoms with Crippen LogP contribution in [0.3, 0.4) is 0 Å². The Morgan fingerprint density at radius 2 is 1.79 bits per heavy atom. The normalized spacial score (nSPS) is 15.4. The second-order valence-electron chi connectivity index (χ2n) is 7.34. The molecule has 1 heterocycles. The van der Waals surface area contributed by atoms with E-state index in [4.69, 9.17) is 23.2 Å². The molecule has 2 N–H and O–H groups in total. The van der Waals surface area contributed by atoms with Gasteiger partial charge >= 0.3 is 6.03 Å². The number of rotatable bonds is 7. The number of nitrogens with zero attached hydrogens (tertiary/aromatic N) is 1. The number of urea groups is 1. The van der Waals surface area contributed by atoms with Crippen molar-refractivity contribution in [3.05, 3.63) is 64.1 Å². The van der Waals surface area contributed by atoms with Gasteiger partial charge in [0.2, 0.25) is 0 Å². The number of nitrogens with one attached hydrogen (secondary N) is 2. The van der Waals surface area contributed by atoms with E-state index in [2.05, 4.69) is 45.9 Å². The summed E-state index contributed by atoms with van der Waals surface area (Å²) in [5.74, 6) is 0.786. The standard InChI is InChI=1S/C22H27Cl2N3O/c23-20-8-7-19(16-21(20)24)26-22(28)25-11-4-12-27-13-9-18(10-14-27)15-17-5-2-1-3-6-17/h1-3,5-8,16,18H,4,9-15H2,(H2,25,26,28). The minimum Gasteiger partial charge on any atom is -0.338 e. The fourth-order valence-corrected chi connectivity index (χ4v) is 3.91. The summed E-state index contributed by atoms with van der Waals surface area (Å²) in [6, 6.07) is 15.6. The summed E-state index contributed by atoms with van der Waals surface area (Å²) in [5, 5.41) is 6.56. The summed E-state index contributed by atoms with van der Waals surface area (Å²) in [6.45, 7) is 3.96. The van der Waals surface area contributed by atoms with Crippen LogP contribution in [-0.4, -0.2) is 37.1 Å². The molecule has 0 radical (unpaired) electrons. The number of hydrogen-bond donors (Lipinski definition) is 2. The van der Waals surface area contributed by atoms with Crippen LogP contribution in [0.25, 0.3) is 0 Å². The molecular weight excluding hydrogens is 393 g/mol. The summed E-state index contributed by atoms with van der Waals surface area (Å²) in [5.41, 5.74) is 2.07. The van der Waals surface area contributed by atoms with Gasteiger partial charge in [-0.3, -0.25) is 0 Å². The van der Waals surface area contributed by atoms with E-state index >= 15 is 0 Å². The Morgan fingerprint density at radius 3 is 2.50 bits per heavy atom. The first-order valence-corrected chi connectivity index (χ1v) is 10.6. The quantitative estimate of drug-likeness (QED) is 0.585. The fraction of sp³-hybridized carbons (Fsp3) is 0.409. The van der Waals surface area contributed by atoms with Gasteiger partial charge in [-0.2, -0.15) is 0 Å². The van der Waals surface area contributed by atoms with Crippen LogP contribution in [0.2, 0.25) is 10.0 Å². The van der Waals surface area contributed by atoms with Crippen molar-refractivity contribution < 1.29 is 4.79 Å². The van der Waals surface area contributed by atoms with Crippen molar-refractivity contribution in [3.63, 3.8) is 0 Å². The number of benzene rings is 2. The number of anilines is 1. The summed E-state index contributed by atoms with van der Waals surface area (Å²) in [7, 11) is 0. The molecule has 2 aromatic rings. The second kappa shape index (κ2) is 10.7. The van der Waals surface area contributed by atoms with Gasteiger partial charge in [0.25, 0.3) is 0 Å². The Balaban J connectivity index is 1.28. The molecule has 2 aromatic carbocycles. The largest absolute Gasteiger partial charge is 0.338 e. The van der Waals surface area contributed by atoms with E-state index in [9.17, 15) is 4.79 Å². The van der Waals surface area contributed by atoms with Crippen LogP contribution >= 0.6 is 23.2 Å². The first-order chi connectivity index (χ1) is 13.6. The van der Waals surface area contributed by atoms with Gasteiger partial charge in [0, 0.05) is 12.2 Å². The van der Waals surface area contributed by atoms with E-state index in [1.54, 1.807) is 18.2 Å². The molecule has 28 heavy (non-hydrogen) atoms. The maximum atomic E-state index is 12.0. The Morgan fingerprint density at radius 1 is 1.04 bits per heavy atom. The zero-order valence-corrected chi connectivity index (χ0v) is 17.5. The molecule has 1 saturated heterocycles. The molecule has 3 rings (SSSR count). The van der Waals surface area contributed by atoms with Crippen LogP contribution < -0.4 is 10.6 Å². The second-order valence-corrected chi connectivity index (χ2v) is 8.15. The molecular formula is C22H27Cl2N3O. The summed E-state index contributed by atoms with van der Waals surface area (Å²) >= 11 is 11.8. The third-order valence-electron chi connectivity index (χ3n) is 5.19. The number of piperidine rings is 1. The van der Waals surface area contributed by atoms with Crippen LogP contribution in [0.15, 0.2) is 48.5 Å². The molecule has 0 aromatic heterocycles. The number of hydrogen-bond acceptors (Lipinski definition) is 2. The Hall–Kier alpha value is -1.75. The summed E-state index contributed by atoms with van der Waals surface area (Å²) in [4.78, 5) is 14.5. The first kappa shape index (κ1) is 21.0. The molecule has 1 aliphatic rings. The van der Waals surface area contributed by atoms with Gasteiger partial charge < -0.3 is 15.5 Å². The van der Waals surface area contributed by atoms with Crippen LogP contribution in [0, 0.1) is 5.92 Å². The summed E-state index contributed by atoms with van der Waals surface area (Å²) in [6.07, 6.45) is 4.63. The van der Waals surface area contributed by atoms with Gasteiger partial charge in [0.05, 0.1) is 10.0 Å². The lowest BCUT2D eigenvalue weighted by atomic mass is 9.90. The Bertz CT molecular complexity index is 762. The highest BCUT2D eigenvalue weighted by Crippen LogP contribution is 2.25. The van der Waals surface area contributed by atoms with E-state index in [0.717, 1.165) is 32.0 Å². The number of carbonyl (C=O) groups excluding carboxylic acids is 1. The number of amides is 2. The Labute approximate surface area is 177 Å². The van der Waals surface area contributed by atoms with Crippen molar-refractivity contribution >= 4 is 34.9 Å². The van der Waals surface area contributed by atoms with Crippen molar-refractivity contribution in [1.82, 2.24) is 10.2 Å². The van der Waals surface area contributed by atoms with E-state index < -0.39 is 0 Å². The fourth-order valence-electron chi connectivity index (χ4n) is 3.62. The lowest BCUT2D eigenvalue weighted by molar-refractivity contribution is 0.182. The molecule has 0 spiro atoms. The Kier molecular flexibility index (Phi) is 8.01. The predicted molar refractivity (Wildman–Crippen MR) is 117 cm³/mol. The minimum atomic E-state index is -0.222. The van der Waals surface area contributed by atoms with Gasteiger partial charge in [-0.1, -0.05) is 53.5 Å². The average Bonchev–Trinajstić information content (AvgIpc) is 2.70. The first-order valence-electron chi connectivity index (χ1n) is 9.86. The van der Waals surface area contributed by atoms with Crippen LogP contribution in [-0.2, 0) is 6.42 Å². The highest BCUT2D eigenvalue weighted by molar-refractivity contribution is 6.42. The van der Waals surface area contributed by atoms with Crippen molar-refractivity contribution in [2.75, 3.05) is 31.5 Å². The molecule has 0 bridgehead atoms. The van der Waals surface area contributed by atoms with Gasteiger partial charge in [-0.05, 0) is 75.0 Å². The zero-order chi connectivity index (χ0) is 19.8. The van der Waals surface area contributed by atoms with Gasteiger partial charge in [0.1, 0.15) is 0 Å². The van der Waals surface area contributed by atoms with Gasteiger partial charge in [-0.25, -0.2) is 4.79 Å². The lowest BCUT2D eigenvalue weighted by Gasteiger charge is -2.32. The molecule has 4 nitrogen and oxygen atoms in total. The van der Waals surface area contributed by atoms with Crippen LogP contribution in [0.1, 0.15) is 24.8 Å². The van der Waals surface area contributed by atoms with Crippen molar-refractivity contribution in [3.8, 4) is 0 Å². The lowest BCUT2D eigenvalue weighted by Crippen LogP contribution is -2.37. The molecule has 0 atom stereocenters. The van der Waals surface area contributed by atoms with Crippen LogP contribution in [0.4, 0.5) is 10.5 Å². The minimum absolute atomic E-state index is 0.222. The van der Waals surface area contributed by atoms with Gasteiger partial charge in [-0.15, -0.1) is 0 Å². The molecule has 150 valence electrons. The monoisotopic (exact) mass is 419 g/mol. The number of carbonyl (C=O) groups is 1. The van der Waals surface area contributed by atoms with E-state index in [0.29, 0.717) is 22.3 Å². The maximum Gasteiger partial charge on any atom is 0.319 e. The van der Waals surface area contributed by atoms with E-state index in [1.807, 2.05) is 0 Å². The molecule has 0 saturated carbocycles. The van der Waals surface area contributed by atoms with Crippen molar-refractivity contribution in [1.29, 1.82) is 0 Å². The third kappa shape index (κ3) is 6.69. The third-order valence-corrected chi connectivity index (χ3v) is 5.93. The maximum absolute atomic E-state index is 12.0. The summed E-state index contributed by atoms with van der Waals surface area (Å²) < 4.78 is 0. The van der Waals surface area contributed by atoms with Crippen LogP contribution in [0.5, 0.6) is 0 Å². The highest BCUT2D eigenvalue weighted by atomic mass is 35.5. The zero-order valence-electron chi connectivity index (χ0n) is 16.0. The molecule has 0 unspecified atom stereocenters. The molecule has 2 amide bonds. The topological polar surface area (TPSA) is 44.4 Å². The highest BCUT2D eigenvalue weighted by Gasteiger charge is 2.19. The molecule has 1 aliphatic heterocycles. The molecule has 0 aliphatic carbocycles.